The zero-order valence-electron chi connectivity index (χ0n) is 18.4. The summed E-state index contributed by atoms with van der Waals surface area (Å²) in [5.74, 6) is 2.05. The maximum Gasteiger partial charge on any atom is 0.344 e. The van der Waals surface area contributed by atoms with Crippen molar-refractivity contribution in [1.82, 2.24) is 0 Å². The molecule has 0 aromatic carbocycles. The zero-order valence-corrected chi connectivity index (χ0v) is 18.4. The van der Waals surface area contributed by atoms with Crippen molar-refractivity contribution in [2.75, 3.05) is 6.61 Å². The smallest absolute Gasteiger partial charge is 0.344 e. The summed E-state index contributed by atoms with van der Waals surface area (Å²) in [6.45, 7) is 7.65. The lowest BCUT2D eigenvalue weighted by Gasteiger charge is -2.60. The van der Waals surface area contributed by atoms with Crippen LogP contribution in [-0.4, -0.2) is 24.1 Å². The van der Waals surface area contributed by atoms with Gasteiger partial charge in [-0.3, -0.25) is 4.79 Å². The summed E-state index contributed by atoms with van der Waals surface area (Å²) >= 11 is 0. The van der Waals surface area contributed by atoms with Crippen molar-refractivity contribution < 1.29 is 19.1 Å². The molecule has 4 aliphatic rings. The Bertz CT molecular complexity index is 537. The molecule has 0 unspecified atom stereocenters. The van der Waals surface area contributed by atoms with Crippen LogP contribution in [0.5, 0.6) is 0 Å². The summed E-state index contributed by atoms with van der Waals surface area (Å²) in [5, 5.41) is 0. The van der Waals surface area contributed by atoms with Gasteiger partial charge in [-0.2, -0.15) is 0 Å². The summed E-state index contributed by atoms with van der Waals surface area (Å²) in [5.41, 5.74) is -0.855. The molecule has 4 rings (SSSR count). The molecule has 0 heterocycles. The third-order valence-corrected chi connectivity index (χ3v) is 8.00. The van der Waals surface area contributed by atoms with E-state index in [1.807, 2.05) is 20.8 Å². The van der Waals surface area contributed by atoms with Gasteiger partial charge in [0.1, 0.15) is 5.60 Å². The van der Waals surface area contributed by atoms with Gasteiger partial charge in [0.05, 0.1) is 5.41 Å². The molecule has 4 aliphatic carbocycles. The lowest BCUT2D eigenvalue weighted by Crippen LogP contribution is -2.60. The number of rotatable bonds is 10. The fourth-order valence-corrected chi connectivity index (χ4v) is 6.14. The molecule has 0 spiro atoms. The van der Waals surface area contributed by atoms with Crippen molar-refractivity contribution in [2.45, 2.75) is 104 Å². The molecule has 0 aromatic rings. The SMILES string of the molecule is CCCCCCC1(OC(=O)COC(=O)C(C)(C)CC)C2CC3CC(C2)CC1C3. The van der Waals surface area contributed by atoms with Crippen LogP contribution in [0.2, 0.25) is 0 Å². The van der Waals surface area contributed by atoms with E-state index in [-0.39, 0.29) is 24.1 Å². The van der Waals surface area contributed by atoms with Gasteiger partial charge in [0, 0.05) is 0 Å². The largest absolute Gasteiger partial charge is 0.456 e. The van der Waals surface area contributed by atoms with Gasteiger partial charge in [-0.05, 0) is 88.9 Å². The molecule has 0 aliphatic heterocycles. The molecule has 0 atom stereocenters. The van der Waals surface area contributed by atoms with Gasteiger partial charge in [-0.25, -0.2) is 4.79 Å². The lowest BCUT2D eigenvalue weighted by atomic mass is 9.49. The van der Waals surface area contributed by atoms with Gasteiger partial charge < -0.3 is 9.47 Å². The molecule has 4 bridgehead atoms. The fourth-order valence-electron chi connectivity index (χ4n) is 6.14. The minimum absolute atomic E-state index is 0.245. The first-order chi connectivity index (χ1) is 13.3. The summed E-state index contributed by atoms with van der Waals surface area (Å²) < 4.78 is 11.6. The van der Waals surface area contributed by atoms with Crippen molar-refractivity contribution in [1.29, 1.82) is 0 Å². The van der Waals surface area contributed by atoms with E-state index in [0.29, 0.717) is 18.3 Å². The quantitative estimate of drug-likeness (QED) is 0.355. The average molecular weight is 393 g/mol. The molecule has 4 heteroatoms. The minimum atomic E-state index is -0.555. The summed E-state index contributed by atoms with van der Waals surface area (Å²) in [6, 6.07) is 0. The van der Waals surface area contributed by atoms with Gasteiger partial charge in [-0.15, -0.1) is 0 Å². The average Bonchev–Trinajstić information content (AvgIpc) is 2.66. The number of carbonyl (C=O) groups excluding carboxylic acids is 2. The number of esters is 2. The lowest BCUT2D eigenvalue weighted by molar-refractivity contribution is -0.216. The molecule has 0 N–H and O–H groups in total. The normalized spacial score (nSPS) is 33.7. The third-order valence-electron chi connectivity index (χ3n) is 8.00. The Morgan fingerprint density at radius 3 is 2.07 bits per heavy atom. The van der Waals surface area contributed by atoms with E-state index >= 15 is 0 Å². The fraction of sp³-hybridized carbons (Fsp3) is 0.917. The monoisotopic (exact) mass is 392 g/mol. The molecule has 4 fully saturated rings. The van der Waals surface area contributed by atoms with Gasteiger partial charge >= 0.3 is 11.9 Å². The highest BCUT2D eigenvalue weighted by Gasteiger charge is 2.59. The highest BCUT2D eigenvalue weighted by molar-refractivity contribution is 5.80. The predicted octanol–water partition coefficient (Wildman–Crippen LogP) is 5.67. The predicted molar refractivity (Wildman–Crippen MR) is 110 cm³/mol. The third kappa shape index (κ3) is 4.41. The number of hydrogen-bond acceptors (Lipinski definition) is 4. The Kier molecular flexibility index (Phi) is 6.76. The van der Waals surface area contributed by atoms with Gasteiger partial charge in [0.25, 0.3) is 0 Å². The first-order valence-electron chi connectivity index (χ1n) is 11.7. The van der Waals surface area contributed by atoms with Crippen LogP contribution < -0.4 is 0 Å². The van der Waals surface area contributed by atoms with E-state index in [9.17, 15) is 9.59 Å². The molecular formula is C24H40O4. The van der Waals surface area contributed by atoms with Gasteiger partial charge in [-0.1, -0.05) is 33.1 Å². The van der Waals surface area contributed by atoms with Crippen LogP contribution in [0.15, 0.2) is 0 Å². The van der Waals surface area contributed by atoms with E-state index in [4.69, 9.17) is 9.47 Å². The van der Waals surface area contributed by atoms with Crippen molar-refractivity contribution in [2.24, 2.45) is 29.1 Å². The summed E-state index contributed by atoms with van der Waals surface area (Å²) in [7, 11) is 0. The molecule has 0 radical (unpaired) electrons. The first kappa shape index (κ1) is 21.6. The van der Waals surface area contributed by atoms with Crippen LogP contribution >= 0.6 is 0 Å². The number of unbranched alkanes of at least 4 members (excludes halogenated alkanes) is 3. The van der Waals surface area contributed by atoms with E-state index < -0.39 is 5.41 Å². The Labute approximate surface area is 171 Å². The molecule has 4 saturated carbocycles. The van der Waals surface area contributed by atoms with E-state index in [1.165, 1.54) is 51.4 Å². The second-order valence-electron chi connectivity index (χ2n) is 10.4. The summed E-state index contributed by atoms with van der Waals surface area (Å²) in [6.07, 6.45) is 12.7. The molecule has 0 saturated heterocycles. The number of ether oxygens (including phenoxy) is 2. The Hall–Kier alpha value is -1.06. The van der Waals surface area contributed by atoms with Crippen LogP contribution in [0.4, 0.5) is 0 Å². The van der Waals surface area contributed by atoms with Crippen molar-refractivity contribution in [3.8, 4) is 0 Å². The Balaban J connectivity index is 1.64. The van der Waals surface area contributed by atoms with E-state index in [2.05, 4.69) is 6.92 Å². The van der Waals surface area contributed by atoms with E-state index in [0.717, 1.165) is 24.7 Å². The van der Waals surface area contributed by atoms with Crippen molar-refractivity contribution in [3.05, 3.63) is 0 Å². The Morgan fingerprint density at radius 1 is 0.929 bits per heavy atom. The van der Waals surface area contributed by atoms with Gasteiger partial charge in [0.15, 0.2) is 6.61 Å². The van der Waals surface area contributed by atoms with Crippen LogP contribution in [0.1, 0.15) is 98.3 Å². The molecule has 28 heavy (non-hydrogen) atoms. The molecule has 0 amide bonds. The number of carbonyl (C=O) groups is 2. The topological polar surface area (TPSA) is 52.6 Å². The van der Waals surface area contributed by atoms with Crippen LogP contribution in [0.3, 0.4) is 0 Å². The highest BCUT2D eigenvalue weighted by atomic mass is 16.6. The Morgan fingerprint density at radius 2 is 1.54 bits per heavy atom. The summed E-state index contributed by atoms with van der Waals surface area (Å²) in [4.78, 5) is 25.0. The molecule has 4 nitrogen and oxygen atoms in total. The second-order valence-corrected chi connectivity index (χ2v) is 10.4. The van der Waals surface area contributed by atoms with E-state index in [1.54, 1.807) is 0 Å². The standard InChI is InChI=1S/C24H40O4/c1-5-7-8-9-10-24(19-12-17-11-18(14-19)15-20(24)13-17)28-21(25)16-27-22(26)23(3,4)6-2/h17-20H,5-16H2,1-4H3. The minimum Gasteiger partial charge on any atom is -0.456 e. The van der Waals surface area contributed by atoms with Crippen LogP contribution in [-0.2, 0) is 19.1 Å². The maximum absolute atomic E-state index is 12.7. The van der Waals surface area contributed by atoms with Gasteiger partial charge in [0.2, 0.25) is 0 Å². The first-order valence-corrected chi connectivity index (χ1v) is 11.7. The highest BCUT2D eigenvalue weighted by Crippen LogP contribution is 2.61. The van der Waals surface area contributed by atoms with Crippen LogP contribution in [0, 0.1) is 29.1 Å². The number of hydrogen-bond donors (Lipinski definition) is 0. The second kappa shape index (κ2) is 8.75. The van der Waals surface area contributed by atoms with Crippen LogP contribution in [0.25, 0.3) is 0 Å². The zero-order chi connectivity index (χ0) is 20.4. The van der Waals surface area contributed by atoms with Crippen molar-refractivity contribution >= 4 is 11.9 Å². The molecular weight excluding hydrogens is 352 g/mol. The molecule has 160 valence electrons. The molecule has 0 aromatic heterocycles. The maximum atomic E-state index is 12.7. The van der Waals surface area contributed by atoms with Crippen molar-refractivity contribution in [3.63, 3.8) is 0 Å².